The van der Waals surface area contributed by atoms with E-state index in [0.717, 1.165) is 21.6 Å². The van der Waals surface area contributed by atoms with Crippen LogP contribution in [0.1, 0.15) is 60.6 Å². The Morgan fingerprint density at radius 1 is 1.32 bits per heavy atom. The molecule has 28 heavy (non-hydrogen) atoms. The van der Waals surface area contributed by atoms with Crippen LogP contribution in [0.4, 0.5) is 0 Å². The first kappa shape index (κ1) is 20.5. The van der Waals surface area contributed by atoms with Gasteiger partial charge in [-0.05, 0) is 37.3 Å². The Bertz CT molecular complexity index is 931. The Balaban J connectivity index is 2.06. The summed E-state index contributed by atoms with van der Waals surface area (Å²) in [7, 11) is 1.65. The van der Waals surface area contributed by atoms with Gasteiger partial charge < -0.3 is 9.64 Å². The number of ether oxygens (including phenoxy) is 1. The minimum absolute atomic E-state index is 0.0111. The highest BCUT2D eigenvalue weighted by molar-refractivity contribution is 7.09. The van der Waals surface area contributed by atoms with Crippen molar-refractivity contribution in [1.29, 1.82) is 0 Å². The van der Waals surface area contributed by atoms with E-state index in [9.17, 15) is 4.79 Å². The van der Waals surface area contributed by atoms with Crippen LogP contribution in [-0.2, 0) is 11.3 Å². The number of hydrogen-bond acceptors (Lipinski definition) is 5. The fraction of sp³-hybridized carbons (Fsp3) is 0.476. The molecule has 3 aromatic heterocycles. The molecule has 0 atom stereocenters. The van der Waals surface area contributed by atoms with Crippen molar-refractivity contribution in [3.8, 4) is 0 Å². The van der Waals surface area contributed by atoms with E-state index < -0.39 is 0 Å². The highest BCUT2D eigenvalue weighted by Crippen LogP contribution is 2.26. The summed E-state index contributed by atoms with van der Waals surface area (Å²) in [4.78, 5) is 21.4. The van der Waals surface area contributed by atoms with Gasteiger partial charge in [0.1, 0.15) is 0 Å². The summed E-state index contributed by atoms with van der Waals surface area (Å²) in [6, 6.07) is 6.16. The van der Waals surface area contributed by atoms with Crippen LogP contribution in [0, 0.1) is 0 Å². The van der Waals surface area contributed by atoms with Crippen molar-refractivity contribution < 1.29 is 9.53 Å². The summed E-state index contributed by atoms with van der Waals surface area (Å²) in [6.07, 6.45) is 1.76. The molecular formula is C21H28N4O2S. The van der Waals surface area contributed by atoms with E-state index in [2.05, 4.69) is 38.9 Å². The second-order valence-corrected chi connectivity index (χ2v) is 8.50. The van der Waals surface area contributed by atoms with E-state index in [-0.39, 0.29) is 17.9 Å². The molecule has 3 heterocycles. The van der Waals surface area contributed by atoms with Crippen LogP contribution in [0.15, 0.2) is 29.8 Å². The maximum Gasteiger partial charge on any atom is 0.255 e. The molecule has 3 rings (SSSR count). The molecular weight excluding hydrogens is 372 g/mol. The van der Waals surface area contributed by atoms with Gasteiger partial charge in [-0.25, -0.2) is 9.67 Å². The first-order valence-corrected chi connectivity index (χ1v) is 10.5. The van der Waals surface area contributed by atoms with Gasteiger partial charge in [-0.2, -0.15) is 5.10 Å². The second-order valence-electron chi connectivity index (χ2n) is 7.47. The van der Waals surface area contributed by atoms with Crippen molar-refractivity contribution in [2.45, 2.75) is 46.2 Å². The standard InChI is InChI=1S/C21H28N4O2S/c1-14(2)19-11-17(18-12-22-25(15(3)4)20(18)23-19)21(26)24(8-9-27-5)13-16-7-6-10-28-16/h6-7,10-12,14-15H,8-9,13H2,1-5H3. The molecule has 0 saturated carbocycles. The van der Waals surface area contributed by atoms with Gasteiger partial charge in [0.15, 0.2) is 5.65 Å². The number of nitrogens with zero attached hydrogens (tertiary/aromatic N) is 4. The lowest BCUT2D eigenvalue weighted by Gasteiger charge is -2.23. The Morgan fingerprint density at radius 3 is 2.71 bits per heavy atom. The molecule has 0 aliphatic heterocycles. The molecule has 1 amide bonds. The highest BCUT2D eigenvalue weighted by atomic mass is 32.1. The molecule has 0 aliphatic rings. The number of hydrogen-bond donors (Lipinski definition) is 0. The zero-order valence-electron chi connectivity index (χ0n) is 17.2. The van der Waals surface area contributed by atoms with Gasteiger partial charge in [-0.15, -0.1) is 11.3 Å². The molecule has 0 bridgehead atoms. The molecule has 0 spiro atoms. The zero-order chi connectivity index (χ0) is 20.3. The number of amides is 1. The van der Waals surface area contributed by atoms with Gasteiger partial charge in [0.05, 0.1) is 30.3 Å². The van der Waals surface area contributed by atoms with Gasteiger partial charge in [-0.1, -0.05) is 19.9 Å². The summed E-state index contributed by atoms with van der Waals surface area (Å²) in [5.41, 5.74) is 2.33. The van der Waals surface area contributed by atoms with E-state index in [1.165, 1.54) is 0 Å². The van der Waals surface area contributed by atoms with Crippen LogP contribution in [0.5, 0.6) is 0 Å². The Labute approximate surface area is 170 Å². The molecule has 0 aromatic carbocycles. The molecule has 0 aliphatic carbocycles. The van der Waals surface area contributed by atoms with Crippen LogP contribution in [0.25, 0.3) is 11.0 Å². The average Bonchev–Trinajstić information content (AvgIpc) is 3.32. The minimum Gasteiger partial charge on any atom is -0.383 e. The molecule has 0 unspecified atom stereocenters. The van der Waals surface area contributed by atoms with Crippen molar-refractivity contribution in [2.24, 2.45) is 0 Å². The minimum atomic E-state index is -0.0111. The Kier molecular flexibility index (Phi) is 6.46. The number of carbonyl (C=O) groups is 1. The summed E-state index contributed by atoms with van der Waals surface area (Å²) in [5, 5.41) is 7.33. The van der Waals surface area contributed by atoms with Gasteiger partial charge in [-0.3, -0.25) is 4.79 Å². The number of pyridine rings is 1. The Morgan fingerprint density at radius 2 is 2.11 bits per heavy atom. The molecule has 0 saturated heterocycles. The van der Waals surface area contributed by atoms with Crippen LogP contribution < -0.4 is 0 Å². The van der Waals surface area contributed by atoms with Crippen molar-refractivity contribution in [1.82, 2.24) is 19.7 Å². The number of carbonyl (C=O) groups excluding carboxylic acids is 1. The van der Waals surface area contributed by atoms with Crippen LogP contribution in [-0.4, -0.2) is 45.8 Å². The van der Waals surface area contributed by atoms with Gasteiger partial charge >= 0.3 is 0 Å². The first-order chi connectivity index (χ1) is 13.4. The van der Waals surface area contributed by atoms with Crippen LogP contribution in [0.2, 0.25) is 0 Å². The quantitative estimate of drug-likeness (QED) is 0.559. The summed E-state index contributed by atoms with van der Waals surface area (Å²) in [6.45, 7) is 9.91. The fourth-order valence-electron chi connectivity index (χ4n) is 3.10. The largest absolute Gasteiger partial charge is 0.383 e. The number of thiophene rings is 1. The molecule has 0 radical (unpaired) electrons. The normalized spacial score (nSPS) is 11.7. The van der Waals surface area contributed by atoms with Crippen molar-refractivity contribution >= 4 is 28.3 Å². The summed E-state index contributed by atoms with van der Waals surface area (Å²) < 4.78 is 7.13. The lowest BCUT2D eigenvalue weighted by Crippen LogP contribution is -2.33. The van der Waals surface area contributed by atoms with E-state index >= 15 is 0 Å². The summed E-state index contributed by atoms with van der Waals surface area (Å²) in [5.74, 6) is 0.208. The SMILES string of the molecule is COCCN(Cc1cccs1)C(=O)c1cc(C(C)C)nc2c1cnn2C(C)C. The van der Waals surface area contributed by atoms with Crippen LogP contribution >= 0.6 is 11.3 Å². The lowest BCUT2D eigenvalue weighted by atomic mass is 10.0. The van der Waals surface area contributed by atoms with E-state index in [1.54, 1.807) is 24.6 Å². The molecule has 0 N–H and O–H groups in total. The average molecular weight is 401 g/mol. The Hall–Kier alpha value is -2.25. The highest BCUT2D eigenvalue weighted by Gasteiger charge is 2.23. The predicted octanol–water partition coefficient (Wildman–Crippen LogP) is 4.49. The van der Waals surface area contributed by atoms with Crippen molar-refractivity contribution in [3.05, 3.63) is 45.9 Å². The third-order valence-electron chi connectivity index (χ3n) is 4.68. The van der Waals surface area contributed by atoms with E-state index in [0.29, 0.717) is 25.3 Å². The molecule has 6 nitrogen and oxygen atoms in total. The van der Waals surface area contributed by atoms with Gasteiger partial charge in [0.25, 0.3) is 5.91 Å². The fourth-order valence-corrected chi connectivity index (χ4v) is 3.82. The zero-order valence-corrected chi connectivity index (χ0v) is 18.0. The van der Waals surface area contributed by atoms with Crippen LogP contribution in [0.3, 0.4) is 0 Å². The predicted molar refractivity (Wildman–Crippen MR) is 113 cm³/mol. The molecule has 3 aromatic rings. The molecule has 150 valence electrons. The monoisotopic (exact) mass is 400 g/mol. The maximum absolute atomic E-state index is 13.6. The third kappa shape index (κ3) is 4.25. The number of fused-ring (bicyclic) bond motifs is 1. The first-order valence-electron chi connectivity index (χ1n) is 9.61. The van der Waals surface area contributed by atoms with Crippen molar-refractivity contribution in [2.75, 3.05) is 20.3 Å². The number of methoxy groups -OCH3 is 1. The topological polar surface area (TPSA) is 60.2 Å². The smallest absolute Gasteiger partial charge is 0.255 e. The maximum atomic E-state index is 13.6. The van der Waals surface area contributed by atoms with E-state index in [1.807, 2.05) is 27.1 Å². The lowest BCUT2D eigenvalue weighted by molar-refractivity contribution is 0.0684. The van der Waals surface area contributed by atoms with Gasteiger partial charge in [0.2, 0.25) is 0 Å². The summed E-state index contributed by atoms with van der Waals surface area (Å²) >= 11 is 1.65. The van der Waals surface area contributed by atoms with E-state index in [4.69, 9.17) is 9.72 Å². The van der Waals surface area contributed by atoms with Crippen molar-refractivity contribution in [3.63, 3.8) is 0 Å². The molecule has 7 heteroatoms. The number of aromatic nitrogens is 3. The third-order valence-corrected chi connectivity index (χ3v) is 5.54. The second kappa shape index (κ2) is 8.84. The van der Waals surface area contributed by atoms with Gasteiger partial charge in [0, 0.05) is 30.3 Å². The molecule has 0 fully saturated rings. The number of rotatable bonds is 8.